The second-order valence-electron chi connectivity index (χ2n) is 8.67. The normalized spacial score (nSPS) is 20.1. The van der Waals surface area contributed by atoms with E-state index in [1.165, 1.54) is 0 Å². The van der Waals surface area contributed by atoms with Gasteiger partial charge in [-0.2, -0.15) is 0 Å². The van der Waals surface area contributed by atoms with Crippen LogP contribution in [0.3, 0.4) is 0 Å². The van der Waals surface area contributed by atoms with Crippen molar-refractivity contribution in [3.8, 4) is 11.1 Å². The predicted octanol–water partition coefficient (Wildman–Crippen LogP) is 4.87. The molecule has 1 aliphatic carbocycles. The van der Waals surface area contributed by atoms with Crippen LogP contribution in [0.4, 0.5) is 0 Å². The van der Waals surface area contributed by atoms with E-state index in [2.05, 4.69) is 22.4 Å². The van der Waals surface area contributed by atoms with Gasteiger partial charge in [-0.15, -0.1) is 0 Å². The molecule has 3 atom stereocenters. The van der Waals surface area contributed by atoms with Crippen LogP contribution in [0.25, 0.3) is 11.1 Å². The number of aliphatic hydroxyl groups is 1. The number of Topliss-reactive ketones (excluding diaryl/α,β-unsaturated/α-hetero) is 1. The molecule has 3 unspecified atom stereocenters. The van der Waals surface area contributed by atoms with Crippen LogP contribution in [0, 0.1) is 19.8 Å². The van der Waals surface area contributed by atoms with Gasteiger partial charge in [-0.25, -0.2) is 0 Å². The Balaban J connectivity index is 1.47. The Bertz CT molecular complexity index is 1160. The molecule has 170 valence electrons. The summed E-state index contributed by atoms with van der Waals surface area (Å²) in [6, 6.07) is 16.9. The molecule has 2 aromatic carbocycles. The zero-order valence-electron chi connectivity index (χ0n) is 18.7. The quantitative estimate of drug-likeness (QED) is 0.547. The van der Waals surface area contributed by atoms with Gasteiger partial charge in [0.2, 0.25) is 0 Å². The van der Waals surface area contributed by atoms with Gasteiger partial charge in [0.1, 0.15) is 11.5 Å². The average Bonchev–Trinajstić information content (AvgIpc) is 3.07. The fourth-order valence-corrected chi connectivity index (χ4v) is 5.02. The third-order valence-corrected chi connectivity index (χ3v) is 6.59. The maximum atomic E-state index is 13.3. The van der Waals surface area contributed by atoms with E-state index in [-0.39, 0.29) is 17.6 Å². The minimum atomic E-state index is -0.733. The number of aliphatic hydroxyl groups excluding tert-OH is 1. The number of halogens is 1. The van der Waals surface area contributed by atoms with Gasteiger partial charge in [-0.05, 0) is 78.8 Å². The minimum Gasteiger partial charge on any atom is -0.392 e. The van der Waals surface area contributed by atoms with Gasteiger partial charge in [0.05, 0.1) is 12.0 Å². The Hall–Kier alpha value is -3.02. The molecule has 1 aromatic heterocycles. The van der Waals surface area contributed by atoms with Crippen molar-refractivity contribution in [3.05, 3.63) is 88.2 Å². The number of carbonyl (C=O) groups is 2. The highest BCUT2D eigenvalue weighted by Crippen LogP contribution is 2.41. The Morgan fingerprint density at radius 2 is 1.85 bits per heavy atom. The molecule has 0 aliphatic heterocycles. The number of nitrogens with zero attached hydrogens (tertiary/aromatic N) is 1. The summed E-state index contributed by atoms with van der Waals surface area (Å²) in [5.41, 5.74) is 5.25. The standard InChI is InChI=1S/C27H27ClN2O3/c1-16-12-20(18-6-5-7-21(28)14-18)13-17(2)24(16)25-23(31)15-19(26(25)32)9-11-30-27(33)22-8-3-4-10-29-22/h3-8,10,12-14,19,23,25,31H,9,11,15H2,1-2H3,(H,30,33). The Kier molecular flexibility index (Phi) is 6.91. The number of amides is 1. The van der Waals surface area contributed by atoms with Crippen molar-refractivity contribution < 1.29 is 14.7 Å². The third kappa shape index (κ3) is 5.00. The van der Waals surface area contributed by atoms with Crippen molar-refractivity contribution in [2.75, 3.05) is 6.54 Å². The zero-order valence-corrected chi connectivity index (χ0v) is 19.5. The lowest BCUT2D eigenvalue weighted by molar-refractivity contribution is -0.122. The first kappa shape index (κ1) is 23.1. The lowest BCUT2D eigenvalue weighted by Crippen LogP contribution is -2.27. The van der Waals surface area contributed by atoms with Gasteiger partial charge in [0.15, 0.2) is 0 Å². The second kappa shape index (κ2) is 9.86. The van der Waals surface area contributed by atoms with Gasteiger partial charge >= 0.3 is 0 Å². The number of hydrogen-bond acceptors (Lipinski definition) is 4. The van der Waals surface area contributed by atoms with Gasteiger partial charge in [-0.1, -0.05) is 41.9 Å². The molecule has 33 heavy (non-hydrogen) atoms. The van der Waals surface area contributed by atoms with E-state index < -0.39 is 12.0 Å². The number of nitrogens with one attached hydrogen (secondary N) is 1. The number of ketones is 1. The number of hydrogen-bond donors (Lipinski definition) is 2. The van der Waals surface area contributed by atoms with Crippen LogP contribution in [0.5, 0.6) is 0 Å². The molecule has 6 heteroatoms. The first-order valence-corrected chi connectivity index (χ1v) is 11.5. The number of pyridine rings is 1. The van der Waals surface area contributed by atoms with E-state index in [1.807, 2.05) is 38.1 Å². The summed E-state index contributed by atoms with van der Waals surface area (Å²) in [6.45, 7) is 4.32. The third-order valence-electron chi connectivity index (χ3n) is 6.36. The molecule has 2 N–H and O–H groups in total. The molecular weight excluding hydrogens is 436 g/mol. The molecule has 0 spiro atoms. The Morgan fingerprint density at radius 1 is 1.09 bits per heavy atom. The van der Waals surface area contributed by atoms with E-state index in [0.29, 0.717) is 30.1 Å². The molecule has 1 fully saturated rings. The second-order valence-corrected chi connectivity index (χ2v) is 9.11. The van der Waals surface area contributed by atoms with Crippen molar-refractivity contribution in [2.24, 2.45) is 5.92 Å². The topological polar surface area (TPSA) is 79.3 Å². The maximum Gasteiger partial charge on any atom is 0.269 e. The summed E-state index contributed by atoms with van der Waals surface area (Å²) in [7, 11) is 0. The van der Waals surface area contributed by atoms with Crippen LogP contribution in [-0.2, 0) is 4.79 Å². The van der Waals surface area contributed by atoms with Gasteiger partial charge in [0.25, 0.3) is 5.91 Å². The summed E-state index contributed by atoms with van der Waals surface area (Å²) in [5, 5.41) is 14.3. The first-order chi connectivity index (χ1) is 15.8. The van der Waals surface area contributed by atoms with Gasteiger partial charge in [-0.3, -0.25) is 14.6 Å². The molecule has 3 aromatic rings. The highest BCUT2D eigenvalue weighted by molar-refractivity contribution is 6.30. The van der Waals surface area contributed by atoms with Crippen LogP contribution in [0.2, 0.25) is 5.02 Å². The van der Waals surface area contributed by atoms with E-state index >= 15 is 0 Å². The molecule has 4 rings (SSSR count). The van der Waals surface area contributed by atoms with Crippen LogP contribution >= 0.6 is 11.6 Å². The lowest BCUT2D eigenvalue weighted by Gasteiger charge is -2.20. The first-order valence-electron chi connectivity index (χ1n) is 11.1. The number of aryl methyl sites for hydroxylation is 2. The molecule has 1 heterocycles. The van der Waals surface area contributed by atoms with Crippen molar-refractivity contribution >= 4 is 23.3 Å². The number of aromatic nitrogens is 1. The SMILES string of the molecule is Cc1cc(-c2cccc(Cl)c2)cc(C)c1C1C(=O)C(CCNC(=O)c2ccccn2)CC1O. The van der Waals surface area contributed by atoms with E-state index in [0.717, 1.165) is 27.8 Å². The fourth-order valence-electron chi connectivity index (χ4n) is 4.83. The lowest BCUT2D eigenvalue weighted by atomic mass is 9.85. The summed E-state index contributed by atoms with van der Waals surface area (Å²) in [4.78, 5) is 29.5. The molecular formula is C27H27ClN2O3. The van der Waals surface area contributed by atoms with Crippen molar-refractivity contribution in [3.63, 3.8) is 0 Å². The Morgan fingerprint density at radius 3 is 2.52 bits per heavy atom. The van der Waals surface area contributed by atoms with Crippen LogP contribution in [0.15, 0.2) is 60.8 Å². The molecule has 0 bridgehead atoms. The number of carbonyl (C=O) groups excluding carboxylic acids is 2. The molecule has 0 saturated heterocycles. The van der Waals surface area contributed by atoms with E-state index in [4.69, 9.17) is 11.6 Å². The van der Waals surface area contributed by atoms with E-state index in [1.54, 1.807) is 24.4 Å². The van der Waals surface area contributed by atoms with Gasteiger partial charge in [0, 0.05) is 23.7 Å². The predicted molar refractivity (Wildman–Crippen MR) is 129 cm³/mol. The summed E-state index contributed by atoms with van der Waals surface area (Å²) in [6.07, 6.45) is 1.73. The summed E-state index contributed by atoms with van der Waals surface area (Å²) in [5.74, 6) is -1.06. The molecule has 1 saturated carbocycles. The maximum absolute atomic E-state index is 13.3. The van der Waals surface area contributed by atoms with Gasteiger partial charge < -0.3 is 10.4 Å². The average molecular weight is 463 g/mol. The van der Waals surface area contributed by atoms with Crippen LogP contribution < -0.4 is 5.32 Å². The Labute approximate surface area is 198 Å². The smallest absolute Gasteiger partial charge is 0.269 e. The number of benzene rings is 2. The molecule has 1 amide bonds. The fraction of sp³-hybridized carbons (Fsp3) is 0.296. The molecule has 1 aliphatic rings. The van der Waals surface area contributed by atoms with Crippen molar-refractivity contribution in [1.29, 1.82) is 0 Å². The van der Waals surface area contributed by atoms with E-state index in [9.17, 15) is 14.7 Å². The minimum absolute atomic E-state index is 0.0382. The monoisotopic (exact) mass is 462 g/mol. The largest absolute Gasteiger partial charge is 0.392 e. The number of rotatable bonds is 6. The summed E-state index contributed by atoms with van der Waals surface area (Å²) < 4.78 is 0. The van der Waals surface area contributed by atoms with Crippen molar-refractivity contribution in [2.45, 2.75) is 38.7 Å². The van der Waals surface area contributed by atoms with Crippen molar-refractivity contribution in [1.82, 2.24) is 10.3 Å². The highest BCUT2D eigenvalue weighted by Gasteiger charge is 2.43. The summed E-state index contributed by atoms with van der Waals surface area (Å²) >= 11 is 6.15. The molecule has 0 radical (unpaired) electrons. The van der Waals surface area contributed by atoms with Crippen LogP contribution in [0.1, 0.15) is 45.9 Å². The molecule has 5 nitrogen and oxygen atoms in total. The zero-order chi connectivity index (χ0) is 23.5. The van der Waals surface area contributed by atoms with Crippen LogP contribution in [-0.4, -0.2) is 34.4 Å². The highest BCUT2D eigenvalue weighted by atomic mass is 35.5.